The summed E-state index contributed by atoms with van der Waals surface area (Å²) in [6.45, 7) is 3.98. The van der Waals surface area contributed by atoms with Crippen molar-refractivity contribution in [3.05, 3.63) is 0 Å². The van der Waals surface area contributed by atoms with Crippen LogP contribution in [0.2, 0.25) is 0 Å². The van der Waals surface area contributed by atoms with Crippen molar-refractivity contribution >= 4 is 0 Å². The second-order valence-electron chi connectivity index (χ2n) is 1.94. The van der Waals surface area contributed by atoms with E-state index in [1.807, 2.05) is 13.8 Å². The van der Waals surface area contributed by atoms with Crippen molar-refractivity contribution in [1.82, 2.24) is 0 Å². The number of hydrogen-bond donors (Lipinski definition) is 2. The van der Waals surface area contributed by atoms with Crippen molar-refractivity contribution in [1.29, 1.82) is 0 Å². The van der Waals surface area contributed by atoms with Crippen LogP contribution in [0.5, 0.6) is 0 Å². The molecule has 2 nitrogen and oxygen atoms in total. The molecular weight excluding hydrogens is 88.1 g/mol. The van der Waals surface area contributed by atoms with Crippen LogP contribution in [0.1, 0.15) is 26.7 Å². The lowest BCUT2D eigenvalue weighted by Gasteiger charge is -2.19. The van der Waals surface area contributed by atoms with Crippen LogP contribution in [0, 0.1) is 0 Å². The lowest BCUT2D eigenvalue weighted by molar-refractivity contribution is 0.412. The minimum absolute atomic E-state index is 0.417. The molecule has 0 radical (unpaired) electrons. The quantitative estimate of drug-likeness (QED) is 0.496. The summed E-state index contributed by atoms with van der Waals surface area (Å²) < 4.78 is 0. The van der Waals surface area contributed by atoms with Gasteiger partial charge in [-0.1, -0.05) is 13.8 Å². The fourth-order valence-corrected chi connectivity index (χ4v) is 0.250. The van der Waals surface area contributed by atoms with Gasteiger partial charge in [-0.15, -0.1) is 0 Å². The molecule has 0 aromatic carbocycles. The van der Waals surface area contributed by atoms with E-state index in [1.54, 1.807) is 0 Å². The Labute approximate surface area is 44.9 Å². The Morgan fingerprint density at radius 2 is 1.43 bits per heavy atom. The van der Waals surface area contributed by atoms with Crippen LogP contribution in [0.3, 0.4) is 0 Å². The summed E-state index contributed by atoms with van der Waals surface area (Å²) in [4.78, 5) is 0. The summed E-state index contributed by atoms with van der Waals surface area (Å²) in [7, 11) is 0. The molecular formula is C5H14N2. The summed E-state index contributed by atoms with van der Waals surface area (Å²) in [5.41, 5.74) is 10.6. The molecule has 0 amide bonds. The summed E-state index contributed by atoms with van der Waals surface area (Å²) in [6.07, 6.45) is 1.70. The molecule has 2 heteroatoms. The van der Waals surface area contributed by atoms with E-state index in [0.717, 1.165) is 12.8 Å². The second kappa shape index (κ2) is 2.28. The van der Waals surface area contributed by atoms with Gasteiger partial charge in [0.05, 0.1) is 5.66 Å². The van der Waals surface area contributed by atoms with E-state index in [1.165, 1.54) is 0 Å². The van der Waals surface area contributed by atoms with Gasteiger partial charge in [0.15, 0.2) is 0 Å². The van der Waals surface area contributed by atoms with Crippen LogP contribution >= 0.6 is 0 Å². The van der Waals surface area contributed by atoms with Crippen LogP contribution in [-0.2, 0) is 0 Å². The average molecular weight is 102 g/mol. The molecule has 0 saturated heterocycles. The van der Waals surface area contributed by atoms with E-state index < -0.39 is 5.66 Å². The first-order valence-electron chi connectivity index (χ1n) is 2.70. The number of rotatable bonds is 2. The molecule has 0 aromatic rings. The molecule has 44 valence electrons. The maximum absolute atomic E-state index is 5.49. The van der Waals surface area contributed by atoms with Crippen molar-refractivity contribution < 1.29 is 0 Å². The van der Waals surface area contributed by atoms with Gasteiger partial charge in [-0.25, -0.2) is 0 Å². The molecule has 0 atom stereocenters. The first-order valence-corrected chi connectivity index (χ1v) is 2.70. The Hall–Kier alpha value is -0.0800. The Balaban J connectivity index is 3.36. The predicted octanol–water partition coefficient (Wildman–Crippen LogP) is 0.420. The molecule has 0 aliphatic carbocycles. The van der Waals surface area contributed by atoms with Gasteiger partial charge in [-0.3, -0.25) is 0 Å². The largest absolute Gasteiger partial charge is 0.314 e. The van der Waals surface area contributed by atoms with E-state index in [9.17, 15) is 0 Å². The Morgan fingerprint density at radius 3 is 1.43 bits per heavy atom. The van der Waals surface area contributed by atoms with Gasteiger partial charge in [0.2, 0.25) is 0 Å². The topological polar surface area (TPSA) is 52.0 Å². The monoisotopic (exact) mass is 102 g/mol. The van der Waals surface area contributed by atoms with Crippen molar-refractivity contribution in [2.45, 2.75) is 32.4 Å². The summed E-state index contributed by atoms with van der Waals surface area (Å²) in [6, 6.07) is 0. The highest BCUT2D eigenvalue weighted by atomic mass is 14.9. The number of nitrogens with two attached hydrogens (primary N) is 2. The first kappa shape index (κ1) is 6.92. The third-order valence-electron chi connectivity index (χ3n) is 1.32. The van der Waals surface area contributed by atoms with Crippen molar-refractivity contribution in [3.63, 3.8) is 0 Å². The van der Waals surface area contributed by atoms with Crippen LogP contribution in [-0.4, -0.2) is 5.66 Å². The van der Waals surface area contributed by atoms with E-state index in [4.69, 9.17) is 11.5 Å². The highest BCUT2D eigenvalue weighted by molar-refractivity contribution is 4.70. The zero-order valence-electron chi connectivity index (χ0n) is 5.07. The Morgan fingerprint density at radius 1 is 1.14 bits per heavy atom. The third-order valence-corrected chi connectivity index (χ3v) is 1.32. The molecule has 7 heavy (non-hydrogen) atoms. The van der Waals surface area contributed by atoms with E-state index in [-0.39, 0.29) is 0 Å². The van der Waals surface area contributed by atoms with Crippen molar-refractivity contribution in [3.8, 4) is 0 Å². The molecule has 0 unspecified atom stereocenters. The first-order chi connectivity index (χ1) is 3.12. The molecule has 0 bridgehead atoms. The smallest absolute Gasteiger partial charge is 0.0631 e. The Bertz CT molecular complexity index is 44.0. The Kier molecular flexibility index (Phi) is 2.26. The molecule has 0 aliphatic rings. The van der Waals surface area contributed by atoms with E-state index in [2.05, 4.69) is 0 Å². The van der Waals surface area contributed by atoms with E-state index >= 15 is 0 Å². The minimum atomic E-state index is -0.417. The molecule has 0 aromatic heterocycles. The zero-order chi connectivity index (χ0) is 5.91. The molecule has 0 saturated carbocycles. The molecule has 0 aliphatic heterocycles. The van der Waals surface area contributed by atoms with Crippen LogP contribution in [0.25, 0.3) is 0 Å². The average Bonchev–Trinajstić information content (AvgIpc) is 1.68. The lowest BCUT2D eigenvalue weighted by atomic mass is 10.1. The predicted molar refractivity (Wildman–Crippen MR) is 31.7 cm³/mol. The standard InChI is InChI=1S/C5H14N2/c1-3-5(6,7)4-2/h3-4,6-7H2,1-2H3. The molecule has 0 fully saturated rings. The molecule has 0 spiro atoms. The second-order valence-corrected chi connectivity index (χ2v) is 1.94. The lowest BCUT2D eigenvalue weighted by Crippen LogP contribution is -2.47. The maximum atomic E-state index is 5.49. The zero-order valence-corrected chi connectivity index (χ0v) is 5.07. The van der Waals surface area contributed by atoms with Gasteiger partial charge in [0.25, 0.3) is 0 Å². The molecule has 4 N–H and O–H groups in total. The normalized spacial score (nSPS) is 12.0. The molecule has 0 heterocycles. The van der Waals surface area contributed by atoms with Gasteiger partial charge in [-0.05, 0) is 12.8 Å². The van der Waals surface area contributed by atoms with E-state index in [0.29, 0.717) is 0 Å². The van der Waals surface area contributed by atoms with Crippen molar-refractivity contribution in [2.24, 2.45) is 11.5 Å². The number of hydrogen-bond acceptors (Lipinski definition) is 2. The molecule has 0 rings (SSSR count). The fraction of sp³-hybridized carbons (Fsp3) is 1.00. The maximum Gasteiger partial charge on any atom is 0.0631 e. The fourth-order valence-electron chi connectivity index (χ4n) is 0.250. The van der Waals surface area contributed by atoms with Gasteiger partial charge in [0, 0.05) is 0 Å². The van der Waals surface area contributed by atoms with Crippen LogP contribution in [0.4, 0.5) is 0 Å². The van der Waals surface area contributed by atoms with Gasteiger partial charge < -0.3 is 11.5 Å². The van der Waals surface area contributed by atoms with Crippen molar-refractivity contribution in [2.75, 3.05) is 0 Å². The van der Waals surface area contributed by atoms with Gasteiger partial charge in [0.1, 0.15) is 0 Å². The van der Waals surface area contributed by atoms with Crippen LogP contribution < -0.4 is 11.5 Å². The third kappa shape index (κ3) is 2.60. The van der Waals surface area contributed by atoms with Crippen LogP contribution in [0.15, 0.2) is 0 Å². The summed E-state index contributed by atoms with van der Waals surface area (Å²) in [5.74, 6) is 0. The highest BCUT2D eigenvalue weighted by Crippen LogP contribution is 1.99. The highest BCUT2D eigenvalue weighted by Gasteiger charge is 2.10. The SMILES string of the molecule is CCC(N)(N)CC. The van der Waals surface area contributed by atoms with Gasteiger partial charge in [-0.2, -0.15) is 0 Å². The minimum Gasteiger partial charge on any atom is -0.314 e. The summed E-state index contributed by atoms with van der Waals surface area (Å²) >= 11 is 0. The van der Waals surface area contributed by atoms with Gasteiger partial charge >= 0.3 is 0 Å². The summed E-state index contributed by atoms with van der Waals surface area (Å²) in [5, 5.41) is 0.